The van der Waals surface area contributed by atoms with Crippen LogP contribution in [0, 0.1) is 12.7 Å². The molecule has 0 radical (unpaired) electrons. The summed E-state index contributed by atoms with van der Waals surface area (Å²) in [6, 6.07) is 4.64. The molecule has 1 aromatic rings. The summed E-state index contributed by atoms with van der Waals surface area (Å²) < 4.78 is 37.3. The number of rotatable bonds is 6. The van der Waals surface area contributed by atoms with Crippen LogP contribution in [0.5, 0.6) is 0 Å². The monoisotopic (exact) mass is 327 g/mol. The molecule has 1 fully saturated rings. The third-order valence-corrected chi connectivity index (χ3v) is 6.40. The van der Waals surface area contributed by atoms with Gasteiger partial charge in [0.1, 0.15) is 5.82 Å². The van der Waals surface area contributed by atoms with Crippen molar-refractivity contribution in [3.05, 3.63) is 35.1 Å². The molecule has 1 aromatic carbocycles. The predicted octanol–water partition coefficient (Wildman–Crippen LogP) is 2.50. The largest absolute Gasteiger partial charge is 0.352 e. The highest BCUT2D eigenvalue weighted by Crippen LogP contribution is 2.25. The summed E-state index contributed by atoms with van der Waals surface area (Å²) in [5.41, 5.74) is 1.32. The van der Waals surface area contributed by atoms with Crippen molar-refractivity contribution in [3.63, 3.8) is 0 Å². The molecule has 0 heterocycles. The molecule has 1 saturated carbocycles. The molecule has 122 valence electrons. The van der Waals surface area contributed by atoms with Gasteiger partial charge in [0.05, 0.1) is 11.0 Å². The van der Waals surface area contributed by atoms with Gasteiger partial charge in [-0.25, -0.2) is 12.8 Å². The van der Waals surface area contributed by atoms with E-state index >= 15 is 0 Å². The first-order valence-electron chi connectivity index (χ1n) is 7.62. The van der Waals surface area contributed by atoms with E-state index in [0.29, 0.717) is 5.56 Å². The molecule has 1 amide bonds. The Kier molecular flexibility index (Phi) is 5.56. The fraction of sp³-hybridized carbons (Fsp3) is 0.562. The number of sulfone groups is 1. The van der Waals surface area contributed by atoms with Gasteiger partial charge in [0.25, 0.3) is 0 Å². The molecular weight excluding hydrogens is 305 g/mol. The highest BCUT2D eigenvalue weighted by atomic mass is 32.2. The summed E-state index contributed by atoms with van der Waals surface area (Å²) in [5.74, 6) is -0.660. The first-order valence-corrected chi connectivity index (χ1v) is 9.33. The Balaban J connectivity index is 1.79. The van der Waals surface area contributed by atoms with E-state index in [1.807, 2.05) is 0 Å². The zero-order valence-electron chi connectivity index (χ0n) is 12.8. The van der Waals surface area contributed by atoms with Gasteiger partial charge in [-0.2, -0.15) is 0 Å². The van der Waals surface area contributed by atoms with Gasteiger partial charge in [-0.05, 0) is 37.0 Å². The van der Waals surface area contributed by atoms with E-state index in [2.05, 4.69) is 5.32 Å². The number of amides is 1. The van der Waals surface area contributed by atoms with Gasteiger partial charge in [-0.3, -0.25) is 4.79 Å². The van der Waals surface area contributed by atoms with Gasteiger partial charge >= 0.3 is 0 Å². The van der Waals surface area contributed by atoms with E-state index in [9.17, 15) is 17.6 Å². The first-order chi connectivity index (χ1) is 10.4. The number of aryl methyl sites for hydroxylation is 1. The number of carbonyl (C=O) groups excluding carboxylic acids is 1. The Labute approximate surface area is 131 Å². The van der Waals surface area contributed by atoms with Crippen molar-refractivity contribution in [3.8, 4) is 0 Å². The number of carbonyl (C=O) groups is 1. The van der Waals surface area contributed by atoms with E-state index in [0.717, 1.165) is 31.2 Å². The zero-order chi connectivity index (χ0) is 16.2. The predicted molar refractivity (Wildman–Crippen MR) is 83.6 cm³/mol. The molecule has 22 heavy (non-hydrogen) atoms. The van der Waals surface area contributed by atoms with E-state index in [4.69, 9.17) is 0 Å². The maximum absolute atomic E-state index is 13.1. The summed E-state index contributed by atoms with van der Waals surface area (Å²) in [7, 11) is -3.16. The third-order valence-electron chi connectivity index (χ3n) is 4.14. The van der Waals surface area contributed by atoms with Crippen LogP contribution in [-0.4, -0.2) is 25.3 Å². The third kappa shape index (κ3) is 4.53. The van der Waals surface area contributed by atoms with Crippen molar-refractivity contribution in [2.75, 3.05) is 5.75 Å². The number of benzene rings is 1. The van der Waals surface area contributed by atoms with Crippen LogP contribution in [-0.2, 0) is 21.2 Å². The molecule has 0 spiro atoms. The molecule has 0 bridgehead atoms. The van der Waals surface area contributed by atoms with Crippen LogP contribution in [0.15, 0.2) is 18.2 Å². The summed E-state index contributed by atoms with van der Waals surface area (Å²) in [4.78, 5) is 11.8. The molecule has 0 atom stereocenters. The summed E-state index contributed by atoms with van der Waals surface area (Å²) >= 11 is 0. The van der Waals surface area contributed by atoms with Crippen molar-refractivity contribution in [1.82, 2.24) is 5.32 Å². The second-order valence-electron chi connectivity index (χ2n) is 5.88. The van der Waals surface area contributed by atoms with E-state index in [1.54, 1.807) is 19.1 Å². The molecule has 1 N–H and O–H groups in total. The summed E-state index contributed by atoms with van der Waals surface area (Å²) in [6.07, 6.45) is 3.34. The summed E-state index contributed by atoms with van der Waals surface area (Å²) in [5, 5.41) is 2.42. The van der Waals surface area contributed by atoms with Crippen LogP contribution in [0.4, 0.5) is 4.39 Å². The second-order valence-corrected chi connectivity index (χ2v) is 8.28. The summed E-state index contributed by atoms with van der Waals surface area (Å²) in [6.45, 7) is 1.94. The minimum atomic E-state index is -3.16. The van der Waals surface area contributed by atoms with Gasteiger partial charge in [-0.1, -0.05) is 25.0 Å². The standard InChI is InChI=1S/C16H22FNO3S/c1-12-10-13(6-7-15(12)17)11-18-16(19)8-9-22(20,21)14-4-2-3-5-14/h6-7,10,14H,2-5,8-9,11H2,1H3,(H,18,19). The maximum Gasteiger partial charge on any atom is 0.221 e. The van der Waals surface area contributed by atoms with Crippen LogP contribution in [0.25, 0.3) is 0 Å². The molecule has 1 aliphatic rings. The van der Waals surface area contributed by atoms with E-state index in [-0.39, 0.29) is 35.7 Å². The van der Waals surface area contributed by atoms with Crippen molar-refractivity contribution < 1.29 is 17.6 Å². The second kappa shape index (κ2) is 7.22. The van der Waals surface area contributed by atoms with Crippen LogP contribution in [0.2, 0.25) is 0 Å². The molecule has 1 aliphatic carbocycles. The van der Waals surface area contributed by atoms with Crippen LogP contribution in [0.1, 0.15) is 43.2 Å². The Morgan fingerprint density at radius 2 is 2.00 bits per heavy atom. The maximum atomic E-state index is 13.1. The van der Waals surface area contributed by atoms with Gasteiger partial charge < -0.3 is 5.32 Å². The average Bonchev–Trinajstić information content (AvgIpc) is 3.01. The molecule has 0 aromatic heterocycles. The lowest BCUT2D eigenvalue weighted by Gasteiger charge is -2.11. The number of hydrogen-bond donors (Lipinski definition) is 1. The Morgan fingerprint density at radius 3 is 2.64 bits per heavy atom. The Hall–Kier alpha value is -1.43. The molecule has 0 saturated heterocycles. The van der Waals surface area contributed by atoms with Gasteiger partial charge in [0, 0.05) is 13.0 Å². The lowest BCUT2D eigenvalue weighted by Crippen LogP contribution is -2.28. The number of nitrogens with one attached hydrogen (secondary N) is 1. The number of halogens is 1. The molecule has 4 nitrogen and oxygen atoms in total. The van der Waals surface area contributed by atoms with Crippen LogP contribution < -0.4 is 5.32 Å². The van der Waals surface area contributed by atoms with Gasteiger partial charge in [0.2, 0.25) is 5.91 Å². The van der Waals surface area contributed by atoms with Crippen molar-refractivity contribution >= 4 is 15.7 Å². The lowest BCUT2D eigenvalue weighted by molar-refractivity contribution is -0.120. The van der Waals surface area contributed by atoms with Crippen molar-refractivity contribution in [2.45, 2.75) is 50.8 Å². The minimum absolute atomic E-state index is 0.0149. The van der Waals surface area contributed by atoms with E-state index < -0.39 is 9.84 Å². The smallest absolute Gasteiger partial charge is 0.221 e. The molecule has 6 heteroatoms. The fourth-order valence-electron chi connectivity index (χ4n) is 2.75. The lowest BCUT2D eigenvalue weighted by atomic mass is 10.1. The topological polar surface area (TPSA) is 63.2 Å². The SMILES string of the molecule is Cc1cc(CNC(=O)CCS(=O)(=O)C2CCCC2)ccc1F. The Bertz CT molecular complexity index is 637. The van der Waals surface area contributed by atoms with Gasteiger partial charge in [-0.15, -0.1) is 0 Å². The average molecular weight is 327 g/mol. The highest BCUT2D eigenvalue weighted by Gasteiger charge is 2.28. The highest BCUT2D eigenvalue weighted by molar-refractivity contribution is 7.92. The zero-order valence-corrected chi connectivity index (χ0v) is 13.6. The van der Waals surface area contributed by atoms with Crippen molar-refractivity contribution in [1.29, 1.82) is 0 Å². The first kappa shape index (κ1) is 16.9. The molecule has 2 rings (SSSR count). The molecule has 0 aliphatic heterocycles. The van der Waals surface area contributed by atoms with Crippen molar-refractivity contribution in [2.24, 2.45) is 0 Å². The van der Waals surface area contributed by atoms with E-state index in [1.165, 1.54) is 6.07 Å². The van der Waals surface area contributed by atoms with Crippen LogP contribution >= 0.6 is 0 Å². The fourth-order valence-corrected chi connectivity index (χ4v) is 4.61. The minimum Gasteiger partial charge on any atom is -0.352 e. The number of hydrogen-bond acceptors (Lipinski definition) is 3. The normalized spacial score (nSPS) is 15.9. The van der Waals surface area contributed by atoms with Gasteiger partial charge in [0.15, 0.2) is 9.84 Å². The van der Waals surface area contributed by atoms with Crippen LogP contribution in [0.3, 0.4) is 0 Å². The molecular formula is C16H22FNO3S. The molecule has 0 unspecified atom stereocenters. The quantitative estimate of drug-likeness (QED) is 0.873. The Morgan fingerprint density at radius 1 is 1.32 bits per heavy atom.